The second-order valence-corrected chi connectivity index (χ2v) is 7.18. The van der Waals surface area contributed by atoms with Gasteiger partial charge in [-0.25, -0.2) is 0 Å². The molecule has 2 unspecified atom stereocenters. The Hall–Kier alpha value is -0.810. The minimum Gasteiger partial charge on any atom is -0.340 e. The van der Waals surface area contributed by atoms with Crippen molar-refractivity contribution in [3.8, 4) is 0 Å². The molecular formula is C15H24BrN3O. The minimum absolute atomic E-state index is 0.139. The van der Waals surface area contributed by atoms with Crippen LogP contribution in [0.1, 0.15) is 37.3 Å². The molecule has 1 aromatic heterocycles. The third-order valence-electron chi connectivity index (χ3n) is 4.11. The van der Waals surface area contributed by atoms with Crippen molar-refractivity contribution in [2.24, 2.45) is 5.92 Å². The summed E-state index contributed by atoms with van der Waals surface area (Å²) in [4.78, 5) is 17.0. The number of likely N-dealkylation sites (N-methyl/N-ethyl adjacent to an activating group) is 1. The summed E-state index contributed by atoms with van der Waals surface area (Å²) in [6, 6.07) is 2.66. The highest BCUT2D eigenvalue weighted by atomic mass is 79.9. The zero-order valence-corrected chi connectivity index (χ0v) is 14.5. The van der Waals surface area contributed by atoms with E-state index in [1.54, 1.807) is 0 Å². The van der Waals surface area contributed by atoms with Crippen LogP contribution in [0.5, 0.6) is 0 Å². The number of amides is 1. The lowest BCUT2D eigenvalue weighted by atomic mass is 10.1. The van der Waals surface area contributed by atoms with Gasteiger partial charge in [0.1, 0.15) is 5.69 Å². The average Bonchev–Trinajstić information content (AvgIpc) is 2.91. The lowest BCUT2D eigenvalue weighted by molar-refractivity contribution is 0.0769. The fraction of sp³-hybridized carbons (Fsp3) is 0.667. The molecule has 1 fully saturated rings. The van der Waals surface area contributed by atoms with E-state index in [1.807, 2.05) is 21.7 Å². The number of aromatic nitrogens is 1. The third kappa shape index (κ3) is 2.93. The lowest BCUT2D eigenvalue weighted by Crippen LogP contribution is -2.36. The maximum atomic E-state index is 12.8. The number of carbonyl (C=O) groups is 1. The van der Waals surface area contributed by atoms with Crippen LogP contribution in [-0.2, 0) is 0 Å². The van der Waals surface area contributed by atoms with Gasteiger partial charge in [0.05, 0.1) is 0 Å². The quantitative estimate of drug-likeness (QED) is 0.845. The molecule has 0 N–H and O–H groups in total. The van der Waals surface area contributed by atoms with Gasteiger partial charge < -0.3 is 14.4 Å². The van der Waals surface area contributed by atoms with Gasteiger partial charge >= 0.3 is 0 Å². The number of hydrogen-bond donors (Lipinski definition) is 0. The van der Waals surface area contributed by atoms with Crippen molar-refractivity contribution in [2.45, 2.75) is 32.9 Å². The third-order valence-corrected chi connectivity index (χ3v) is 4.55. The molecule has 2 rings (SSSR count). The van der Waals surface area contributed by atoms with Crippen molar-refractivity contribution in [1.29, 1.82) is 0 Å². The Morgan fingerprint density at radius 2 is 2.05 bits per heavy atom. The SMILES string of the molecule is CC1CN(C(=O)c2cc(Br)cn2C(C)C)CC1N(C)C. The lowest BCUT2D eigenvalue weighted by Gasteiger charge is -2.22. The van der Waals surface area contributed by atoms with Gasteiger partial charge in [0.2, 0.25) is 0 Å². The van der Waals surface area contributed by atoms with Gasteiger partial charge in [0.15, 0.2) is 0 Å². The average molecular weight is 342 g/mol. The molecular weight excluding hydrogens is 318 g/mol. The molecule has 112 valence electrons. The van der Waals surface area contributed by atoms with E-state index in [1.165, 1.54) is 0 Å². The summed E-state index contributed by atoms with van der Waals surface area (Å²) in [5, 5.41) is 0. The number of nitrogens with zero attached hydrogens (tertiary/aromatic N) is 3. The zero-order valence-electron chi connectivity index (χ0n) is 12.9. The van der Waals surface area contributed by atoms with Crippen molar-refractivity contribution in [1.82, 2.24) is 14.4 Å². The molecule has 0 bridgehead atoms. The van der Waals surface area contributed by atoms with Gasteiger partial charge in [0.25, 0.3) is 5.91 Å². The number of hydrogen-bond acceptors (Lipinski definition) is 2. The molecule has 0 spiro atoms. The summed E-state index contributed by atoms with van der Waals surface area (Å²) >= 11 is 3.48. The van der Waals surface area contributed by atoms with Crippen LogP contribution in [-0.4, -0.2) is 53.5 Å². The first-order chi connectivity index (χ1) is 9.31. The maximum absolute atomic E-state index is 12.8. The molecule has 0 aliphatic carbocycles. The summed E-state index contributed by atoms with van der Waals surface area (Å²) < 4.78 is 3.01. The van der Waals surface area contributed by atoms with Crippen molar-refractivity contribution >= 4 is 21.8 Å². The van der Waals surface area contributed by atoms with E-state index >= 15 is 0 Å². The van der Waals surface area contributed by atoms with Gasteiger partial charge in [0, 0.05) is 35.8 Å². The number of likely N-dealkylation sites (tertiary alicyclic amines) is 1. The summed E-state index contributed by atoms with van der Waals surface area (Å²) in [7, 11) is 4.17. The molecule has 1 aromatic rings. The van der Waals surface area contributed by atoms with Gasteiger partial charge in [-0.15, -0.1) is 0 Å². The van der Waals surface area contributed by atoms with Crippen molar-refractivity contribution in [3.63, 3.8) is 0 Å². The van der Waals surface area contributed by atoms with E-state index in [4.69, 9.17) is 0 Å². The molecule has 0 saturated carbocycles. The van der Waals surface area contributed by atoms with E-state index in [-0.39, 0.29) is 11.9 Å². The zero-order chi connectivity index (χ0) is 15.0. The topological polar surface area (TPSA) is 28.5 Å². The van der Waals surface area contributed by atoms with Crippen LogP contribution in [0.15, 0.2) is 16.7 Å². The molecule has 5 heteroatoms. The highest BCUT2D eigenvalue weighted by molar-refractivity contribution is 9.10. The number of rotatable bonds is 3. The predicted molar refractivity (Wildman–Crippen MR) is 85.1 cm³/mol. The van der Waals surface area contributed by atoms with Crippen molar-refractivity contribution in [2.75, 3.05) is 27.2 Å². The van der Waals surface area contributed by atoms with E-state index in [0.29, 0.717) is 12.0 Å². The van der Waals surface area contributed by atoms with E-state index < -0.39 is 0 Å². The van der Waals surface area contributed by atoms with Gasteiger partial charge in [-0.3, -0.25) is 4.79 Å². The Bertz CT molecular complexity index is 495. The minimum atomic E-state index is 0.139. The predicted octanol–water partition coefficient (Wildman–Crippen LogP) is 2.85. The normalized spacial score (nSPS) is 23.1. The monoisotopic (exact) mass is 341 g/mol. The second kappa shape index (κ2) is 5.90. The summed E-state index contributed by atoms with van der Waals surface area (Å²) in [6.45, 7) is 8.06. The Morgan fingerprint density at radius 3 is 2.55 bits per heavy atom. The van der Waals surface area contributed by atoms with Crippen LogP contribution >= 0.6 is 15.9 Å². The van der Waals surface area contributed by atoms with E-state index in [2.05, 4.69) is 55.7 Å². The molecule has 0 radical (unpaired) electrons. The number of carbonyl (C=O) groups excluding carboxylic acids is 1. The fourth-order valence-corrected chi connectivity index (χ4v) is 3.43. The van der Waals surface area contributed by atoms with E-state index in [0.717, 1.165) is 23.3 Å². The highest BCUT2D eigenvalue weighted by Gasteiger charge is 2.35. The first-order valence-corrected chi connectivity index (χ1v) is 7.93. The van der Waals surface area contributed by atoms with Gasteiger partial charge in [-0.1, -0.05) is 6.92 Å². The number of halogens is 1. The van der Waals surface area contributed by atoms with Crippen LogP contribution in [0, 0.1) is 5.92 Å². The van der Waals surface area contributed by atoms with Crippen LogP contribution in [0.4, 0.5) is 0 Å². The van der Waals surface area contributed by atoms with Crippen LogP contribution in [0.3, 0.4) is 0 Å². The van der Waals surface area contributed by atoms with Crippen molar-refractivity contribution < 1.29 is 4.79 Å². The Kier molecular flexibility index (Phi) is 4.59. The molecule has 2 atom stereocenters. The summed E-state index contributed by atoms with van der Waals surface area (Å²) in [6.07, 6.45) is 1.99. The molecule has 2 heterocycles. The standard InChI is InChI=1S/C15H24BrN3O/c1-10(2)19-8-12(16)6-13(19)15(20)18-7-11(3)14(9-18)17(4)5/h6,8,10-11,14H,7,9H2,1-5H3. The van der Waals surface area contributed by atoms with E-state index in [9.17, 15) is 4.79 Å². The van der Waals surface area contributed by atoms with Gasteiger partial charge in [-0.2, -0.15) is 0 Å². The molecule has 1 aliphatic rings. The van der Waals surface area contributed by atoms with Crippen LogP contribution in [0.2, 0.25) is 0 Å². The van der Waals surface area contributed by atoms with Gasteiger partial charge in [-0.05, 0) is 55.9 Å². The smallest absolute Gasteiger partial charge is 0.270 e. The fourth-order valence-electron chi connectivity index (χ4n) is 2.99. The Morgan fingerprint density at radius 1 is 1.40 bits per heavy atom. The second-order valence-electron chi connectivity index (χ2n) is 6.26. The molecule has 0 aromatic carbocycles. The summed E-state index contributed by atoms with van der Waals surface area (Å²) in [5.74, 6) is 0.653. The first-order valence-electron chi connectivity index (χ1n) is 7.14. The molecule has 20 heavy (non-hydrogen) atoms. The largest absolute Gasteiger partial charge is 0.340 e. The van der Waals surface area contributed by atoms with Crippen molar-refractivity contribution in [3.05, 3.63) is 22.4 Å². The first kappa shape index (κ1) is 15.6. The molecule has 1 aliphatic heterocycles. The molecule has 1 saturated heterocycles. The Balaban J connectivity index is 2.21. The highest BCUT2D eigenvalue weighted by Crippen LogP contribution is 2.25. The Labute approximate surface area is 129 Å². The molecule has 1 amide bonds. The summed E-state index contributed by atoms with van der Waals surface area (Å²) in [5.41, 5.74) is 0.776. The van der Waals surface area contributed by atoms with Crippen LogP contribution in [0.25, 0.3) is 0 Å². The molecule has 4 nitrogen and oxygen atoms in total. The van der Waals surface area contributed by atoms with Crippen LogP contribution < -0.4 is 0 Å². The maximum Gasteiger partial charge on any atom is 0.270 e.